The Bertz CT molecular complexity index is 1080. The normalized spacial score (nSPS) is 25.7. The van der Waals surface area contributed by atoms with Crippen LogP contribution >= 0.6 is 0 Å². The number of hydrogen-bond acceptors (Lipinski definition) is 5. The molecular weight excluding hydrogens is 464 g/mol. The molecule has 1 aliphatic heterocycles. The Kier molecular flexibility index (Phi) is 8.09. The molecule has 1 amide bonds. The van der Waals surface area contributed by atoms with Crippen LogP contribution in [0.4, 0.5) is 0 Å². The second kappa shape index (κ2) is 10.9. The molecule has 0 unspecified atom stereocenters. The fraction of sp³-hybridized carbons (Fsp3) is 0.667. The van der Waals surface area contributed by atoms with Crippen molar-refractivity contribution in [2.75, 3.05) is 26.7 Å². The molecule has 3 atom stereocenters. The molecule has 1 aromatic rings. The van der Waals surface area contributed by atoms with Gasteiger partial charge >= 0.3 is 0 Å². The van der Waals surface area contributed by atoms with Crippen LogP contribution in [-0.4, -0.2) is 67.5 Å². The summed E-state index contributed by atoms with van der Waals surface area (Å²) in [5.41, 5.74) is 0.714. The number of nitrogens with zero attached hydrogens (tertiary/aromatic N) is 2. The number of benzene rings is 1. The lowest BCUT2D eigenvalue weighted by molar-refractivity contribution is -0.136. The minimum atomic E-state index is -3.89. The van der Waals surface area contributed by atoms with E-state index in [9.17, 15) is 18.3 Å². The summed E-state index contributed by atoms with van der Waals surface area (Å²) in [5.74, 6) is 7.05. The molecule has 2 aliphatic carbocycles. The van der Waals surface area contributed by atoms with Crippen LogP contribution in [0, 0.1) is 29.6 Å². The fourth-order valence-electron chi connectivity index (χ4n) is 4.96. The first-order chi connectivity index (χ1) is 16.7. The highest BCUT2D eigenvalue weighted by Gasteiger charge is 2.38. The molecule has 0 radical (unpaired) electrons. The Morgan fingerprint density at radius 2 is 1.94 bits per heavy atom. The van der Waals surface area contributed by atoms with Gasteiger partial charge in [0.15, 0.2) is 0 Å². The third kappa shape index (κ3) is 6.02. The van der Waals surface area contributed by atoms with E-state index in [0.717, 1.165) is 38.5 Å². The average Bonchev–Trinajstić information content (AvgIpc) is 3.69. The highest BCUT2D eigenvalue weighted by atomic mass is 32.2. The van der Waals surface area contributed by atoms with E-state index in [1.165, 1.54) is 10.7 Å². The van der Waals surface area contributed by atoms with Gasteiger partial charge < -0.3 is 14.7 Å². The number of ether oxygens (including phenoxy) is 1. The van der Waals surface area contributed by atoms with Gasteiger partial charge in [0.25, 0.3) is 0 Å². The number of rotatable bonds is 5. The van der Waals surface area contributed by atoms with Crippen molar-refractivity contribution < 1.29 is 23.1 Å². The van der Waals surface area contributed by atoms with Crippen molar-refractivity contribution in [1.29, 1.82) is 0 Å². The van der Waals surface area contributed by atoms with E-state index in [-0.39, 0.29) is 41.5 Å². The lowest BCUT2D eigenvalue weighted by Crippen LogP contribution is -2.50. The zero-order chi connectivity index (χ0) is 25.2. The van der Waals surface area contributed by atoms with Crippen molar-refractivity contribution in [3.63, 3.8) is 0 Å². The van der Waals surface area contributed by atoms with Gasteiger partial charge in [0, 0.05) is 43.0 Å². The summed E-state index contributed by atoms with van der Waals surface area (Å²) in [5, 5.41) is 9.81. The molecule has 7 nitrogen and oxygen atoms in total. The van der Waals surface area contributed by atoms with E-state index in [4.69, 9.17) is 4.74 Å². The summed E-state index contributed by atoms with van der Waals surface area (Å²) in [6, 6.07) is 4.40. The van der Waals surface area contributed by atoms with Crippen molar-refractivity contribution in [3.05, 3.63) is 23.8 Å². The Labute approximate surface area is 209 Å². The Hall–Kier alpha value is -2.08. The number of likely N-dealkylation sites (N-methyl/N-ethyl adjacent to an activating group) is 1. The molecule has 3 aliphatic rings. The number of amides is 1. The van der Waals surface area contributed by atoms with Crippen LogP contribution in [0.2, 0.25) is 0 Å². The molecule has 2 fully saturated rings. The van der Waals surface area contributed by atoms with Crippen molar-refractivity contribution in [1.82, 2.24) is 9.21 Å². The maximum atomic E-state index is 13.6. The monoisotopic (exact) mass is 502 g/mol. The van der Waals surface area contributed by atoms with Gasteiger partial charge in [-0.15, -0.1) is 0 Å². The molecule has 1 N–H and O–H groups in total. The van der Waals surface area contributed by atoms with Gasteiger partial charge in [-0.2, -0.15) is 4.31 Å². The van der Waals surface area contributed by atoms with Crippen LogP contribution in [0.5, 0.6) is 5.75 Å². The molecule has 8 heteroatoms. The molecule has 0 saturated heterocycles. The number of sulfonamides is 1. The van der Waals surface area contributed by atoms with E-state index < -0.39 is 22.2 Å². The molecule has 0 bridgehead atoms. The fourth-order valence-corrected chi connectivity index (χ4v) is 6.78. The topological polar surface area (TPSA) is 87.2 Å². The van der Waals surface area contributed by atoms with Crippen LogP contribution in [0.15, 0.2) is 23.1 Å². The predicted molar refractivity (Wildman–Crippen MR) is 134 cm³/mol. The number of carbonyl (C=O) groups is 1. The van der Waals surface area contributed by atoms with Crippen LogP contribution in [-0.2, 0) is 14.8 Å². The van der Waals surface area contributed by atoms with Crippen LogP contribution in [0.25, 0.3) is 0 Å². The van der Waals surface area contributed by atoms with Gasteiger partial charge in [-0.05, 0) is 50.8 Å². The summed E-state index contributed by atoms with van der Waals surface area (Å²) in [4.78, 5) is 15.0. The van der Waals surface area contributed by atoms with Gasteiger partial charge in [-0.25, -0.2) is 8.42 Å². The zero-order valence-corrected chi connectivity index (χ0v) is 21.9. The number of fused-ring (bicyclic) bond motifs is 1. The lowest BCUT2D eigenvalue weighted by Gasteiger charge is -2.38. The molecule has 0 spiro atoms. The van der Waals surface area contributed by atoms with Crippen molar-refractivity contribution in [3.8, 4) is 17.6 Å². The van der Waals surface area contributed by atoms with Gasteiger partial charge in [-0.3, -0.25) is 4.79 Å². The lowest BCUT2D eigenvalue weighted by atomic mass is 9.88. The minimum absolute atomic E-state index is 0.0560. The Balaban J connectivity index is 1.65. The predicted octanol–water partition coefficient (Wildman–Crippen LogP) is 3.26. The first-order valence-corrected chi connectivity index (χ1v) is 14.3. The summed E-state index contributed by atoms with van der Waals surface area (Å²) >= 11 is 0. The molecule has 0 aromatic heterocycles. The van der Waals surface area contributed by atoms with Crippen molar-refractivity contribution in [2.24, 2.45) is 17.8 Å². The van der Waals surface area contributed by atoms with Gasteiger partial charge in [0.2, 0.25) is 15.9 Å². The summed E-state index contributed by atoms with van der Waals surface area (Å²) in [7, 11) is -2.07. The minimum Gasteiger partial charge on any atom is -0.487 e. The number of hydrogen-bond donors (Lipinski definition) is 1. The SMILES string of the molecule is C[C@@H]1CN([C@@H](C)CO)S(=O)(=O)c2ccc(C#CC3CC3)cc2O[C@H]1CN(C)C(=O)C1CCCCC1. The largest absolute Gasteiger partial charge is 0.487 e. The Morgan fingerprint density at radius 1 is 1.23 bits per heavy atom. The molecule has 4 rings (SSSR count). The highest BCUT2D eigenvalue weighted by Crippen LogP contribution is 2.35. The standard InChI is InChI=1S/C27H38N2O5S/c1-19-16-29(20(2)18-30)35(32,33)26-14-13-22(12-11-21-9-10-21)15-24(26)34-25(19)17-28(3)27(31)23-7-5-4-6-8-23/h13-15,19-21,23,25,30H,4-10,16-18H2,1-3H3/t19-,20+,25+/m1/s1. The van der Waals surface area contributed by atoms with Gasteiger partial charge in [0.05, 0.1) is 13.2 Å². The molecule has 2 saturated carbocycles. The first-order valence-electron chi connectivity index (χ1n) is 12.9. The second-order valence-corrected chi connectivity index (χ2v) is 12.4. The van der Waals surface area contributed by atoms with E-state index in [1.807, 2.05) is 14.0 Å². The first kappa shape index (κ1) is 26.0. The van der Waals surface area contributed by atoms with Gasteiger partial charge in [-0.1, -0.05) is 38.0 Å². The van der Waals surface area contributed by atoms with E-state index in [1.54, 1.807) is 30.0 Å². The smallest absolute Gasteiger partial charge is 0.247 e. The van der Waals surface area contributed by atoms with Gasteiger partial charge in [0.1, 0.15) is 16.7 Å². The van der Waals surface area contributed by atoms with Crippen LogP contribution in [0.3, 0.4) is 0 Å². The second-order valence-electron chi connectivity index (χ2n) is 10.5. The molecular formula is C27H38N2O5S. The number of carbonyl (C=O) groups excluding carboxylic acids is 1. The van der Waals surface area contributed by atoms with Crippen LogP contribution < -0.4 is 4.74 Å². The maximum Gasteiger partial charge on any atom is 0.247 e. The quantitative estimate of drug-likeness (QED) is 0.625. The zero-order valence-electron chi connectivity index (χ0n) is 21.1. The summed E-state index contributed by atoms with van der Waals surface area (Å²) in [6.07, 6.45) is 7.03. The summed E-state index contributed by atoms with van der Waals surface area (Å²) < 4.78 is 34.9. The molecule has 1 aromatic carbocycles. The number of aliphatic hydroxyl groups excluding tert-OH is 1. The van der Waals surface area contributed by atoms with Crippen molar-refractivity contribution in [2.45, 2.75) is 75.8 Å². The van der Waals surface area contributed by atoms with Crippen LogP contribution in [0.1, 0.15) is 64.4 Å². The highest BCUT2D eigenvalue weighted by molar-refractivity contribution is 7.89. The third-order valence-electron chi connectivity index (χ3n) is 7.45. The number of aliphatic hydroxyl groups is 1. The van der Waals surface area contributed by atoms with E-state index >= 15 is 0 Å². The molecule has 192 valence electrons. The summed E-state index contributed by atoms with van der Waals surface area (Å²) in [6.45, 7) is 3.93. The van der Waals surface area contributed by atoms with E-state index in [2.05, 4.69) is 11.8 Å². The average molecular weight is 503 g/mol. The Morgan fingerprint density at radius 3 is 2.60 bits per heavy atom. The molecule has 35 heavy (non-hydrogen) atoms. The maximum absolute atomic E-state index is 13.6. The third-order valence-corrected chi connectivity index (χ3v) is 9.47. The van der Waals surface area contributed by atoms with E-state index in [0.29, 0.717) is 18.0 Å². The van der Waals surface area contributed by atoms with Crippen molar-refractivity contribution >= 4 is 15.9 Å². The molecule has 1 heterocycles.